The van der Waals surface area contributed by atoms with Gasteiger partial charge in [-0.3, -0.25) is 9.59 Å². The van der Waals surface area contributed by atoms with Crippen molar-refractivity contribution in [3.63, 3.8) is 0 Å². The second-order valence-corrected chi connectivity index (χ2v) is 18.4. The van der Waals surface area contributed by atoms with Crippen LogP contribution in [0.4, 0.5) is 11.4 Å². The fraction of sp³-hybridized carbons (Fsp3) is 0.459. The van der Waals surface area contributed by atoms with E-state index in [4.69, 9.17) is 14.2 Å². The quantitative estimate of drug-likeness (QED) is 0.269. The summed E-state index contributed by atoms with van der Waals surface area (Å²) in [7, 11) is 1.02. The normalized spacial score (nSPS) is 25.6. The van der Waals surface area contributed by atoms with Crippen LogP contribution in [0.2, 0.25) is 18.6 Å². The number of hydrogen-bond acceptors (Lipinski definition) is 7. The molecule has 3 aliphatic rings. The van der Waals surface area contributed by atoms with Crippen LogP contribution in [0.1, 0.15) is 37.3 Å². The first kappa shape index (κ1) is 33.2. The molecule has 3 aliphatic heterocycles. The van der Waals surface area contributed by atoms with Crippen molar-refractivity contribution in [1.29, 1.82) is 0 Å². The van der Waals surface area contributed by atoms with Gasteiger partial charge in [0.1, 0.15) is 11.5 Å². The fourth-order valence-electron chi connectivity index (χ4n) is 8.17. The molecule has 3 aromatic carbocycles. The molecule has 5 atom stereocenters. The lowest BCUT2D eigenvalue weighted by Crippen LogP contribution is -2.51. The van der Waals surface area contributed by atoms with E-state index in [-0.39, 0.29) is 41.9 Å². The molecule has 1 unspecified atom stereocenters. The molecule has 9 nitrogen and oxygen atoms in total. The predicted octanol–water partition coefficient (Wildman–Crippen LogP) is 4.79. The number of methoxy groups -OCH3 is 2. The molecule has 0 saturated carbocycles. The molecular weight excluding hydrogens is 611 g/mol. The van der Waals surface area contributed by atoms with Gasteiger partial charge in [-0.2, -0.15) is 0 Å². The lowest BCUT2D eigenvalue weighted by molar-refractivity contribution is -0.146. The number of nitrogens with one attached hydrogen (secondary N) is 2. The van der Waals surface area contributed by atoms with E-state index in [9.17, 15) is 14.7 Å². The molecule has 0 bridgehead atoms. The summed E-state index contributed by atoms with van der Waals surface area (Å²) < 4.78 is 18.1. The van der Waals surface area contributed by atoms with Crippen molar-refractivity contribution < 1.29 is 28.9 Å². The third kappa shape index (κ3) is 5.97. The van der Waals surface area contributed by atoms with E-state index in [0.29, 0.717) is 25.3 Å². The Morgan fingerprint density at radius 3 is 2.40 bits per heavy atom. The van der Waals surface area contributed by atoms with Gasteiger partial charge in [-0.15, -0.1) is 0 Å². The molecule has 2 amide bonds. The average Bonchev–Trinajstić information content (AvgIpc) is 3.52. The van der Waals surface area contributed by atoms with Gasteiger partial charge in [0, 0.05) is 30.3 Å². The van der Waals surface area contributed by atoms with Gasteiger partial charge in [0.05, 0.1) is 46.5 Å². The lowest BCUT2D eigenvalue weighted by atomic mass is 9.82. The zero-order chi connectivity index (χ0) is 33.3. The highest BCUT2D eigenvalue weighted by Gasteiger charge is 2.66. The van der Waals surface area contributed by atoms with Crippen molar-refractivity contribution in [3.8, 4) is 11.5 Å². The van der Waals surface area contributed by atoms with Gasteiger partial charge < -0.3 is 34.9 Å². The van der Waals surface area contributed by atoms with Crippen molar-refractivity contribution in [3.05, 3.63) is 77.9 Å². The molecule has 3 aromatic rings. The van der Waals surface area contributed by atoms with E-state index in [0.717, 1.165) is 47.6 Å². The number of aliphatic hydroxyl groups excluding tert-OH is 1. The minimum absolute atomic E-state index is 0.0277. The lowest BCUT2D eigenvalue weighted by Gasteiger charge is -2.37. The third-order valence-corrected chi connectivity index (χ3v) is 15.0. The number of benzene rings is 3. The molecule has 6 rings (SSSR count). The standard InChI is InChI=1S/C37H47N3O6Si/c1-24-34(47(4,5)30-15-12-28(44-2)13-16-30)33(18-20-41)46-37(24)31-21-29(45-3)14-17-32(31)40(36(37)43)23-25-8-10-27(11-9-25)39-35(42)26-7-6-19-38-22-26/h8-17,21,24,26,33-34,38,41H,6-7,18-20,22-23H2,1-5H3,(H,39,42)/t24-,26?,33+,34-,37+/m1/s1. The number of rotatable bonds is 10. The molecule has 2 saturated heterocycles. The number of amides is 2. The van der Waals surface area contributed by atoms with E-state index in [2.05, 4.69) is 42.8 Å². The maximum atomic E-state index is 14.9. The molecule has 1 spiro atoms. The molecule has 3 N–H and O–H groups in total. The van der Waals surface area contributed by atoms with Crippen molar-refractivity contribution in [2.45, 2.75) is 63.1 Å². The molecule has 250 valence electrons. The number of carbonyl (C=O) groups excluding carboxylic acids is 2. The Morgan fingerprint density at radius 1 is 1.06 bits per heavy atom. The topological polar surface area (TPSA) is 109 Å². The first-order chi connectivity index (χ1) is 22.6. The zero-order valence-electron chi connectivity index (χ0n) is 28.0. The van der Waals surface area contributed by atoms with E-state index in [1.807, 2.05) is 59.5 Å². The minimum Gasteiger partial charge on any atom is -0.497 e. The summed E-state index contributed by atoms with van der Waals surface area (Å²) in [6, 6.07) is 21.8. The first-order valence-corrected chi connectivity index (χ1v) is 19.8. The molecule has 10 heteroatoms. The zero-order valence-corrected chi connectivity index (χ0v) is 29.0. The van der Waals surface area contributed by atoms with Gasteiger partial charge in [0.15, 0.2) is 5.60 Å². The van der Waals surface area contributed by atoms with Crippen LogP contribution >= 0.6 is 0 Å². The van der Waals surface area contributed by atoms with Crippen molar-refractivity contribution >= 4 is 36.4 Å². The fourth-order valence-corrected chi connectivity index (χ4v) is 12.2. The van der Waals surface area contributed by atoms with E-state index < -0.39 is 13.7 Å². The molecular formula is C37H47N3O6Si. The first-order valence-electron chi connectivity index (χ1n) is 16.7. The maximum absolute atomic E-state index is 14.9. The van der Waals surface area contributed by atoms with Gasteiger partial charge in [-0.25, -0.2) is 0 Å². The van der Waals surface area contributed by atoms with Gasteiger partial charge in [-0.1, -0.05) is 49.5 Å². The van der Waals surface area contributed by atoms with Crippen molar-refractivity contribution in [2.75, 3.05) is 44.1 Å². The van der Waals surface area contributed by atoms with Crippen molar-refractivity contribution in [2.24, 2.45) is 11.8 Å². The monoisotopic (exact) mass is 657 g/mol. The Labute approximate surface area is 278 Å². The highest BCUT2D eigenvalue weighted by molar-refractivity contribution is 6.91. The summed E-state index contributed by atoms with van der Waals surface area (Å²) >= 11 is 0. The molecule has 0 aliphatic carbocycles. The van der Waals surface area contributed by atoms with Crippen LogP contribution in [0.3, 0.4) is 0 Å². The maximum Gasteiger partial charge on any atom is 0.264 e. The van der Waals surface area contributed by atoms with E-state index >= 15 is 0 Å². The minimum atomic E-state index is -2.27. The largest absolute Gasteiger partial charge is 0.497 e. The van der Waals surface area contributed by atoms with Gasteiger partial charge in [0.25, 0.3) is 5.91 Å². The van der Waals surface area contributed by atoms with Crippen LogP contribution in [0.15, 0.2) is 66.7 Å². The molecule has 3 heterocycles. The van der Waals surface area contributed by atoms with Gasteiger partial charge in [0.2, 0.25) is 5.91 Å². The summed E-state index contributed by atoms with van der Waals surface area (Å²) in [5, 5.41) is 17.8. The number of ether oxygens (including phenoxy) is 3. The van der Waals surface area contributed by atoms with Crippen LogP contribution in [0.5, 0.6) is 11.5 Å². The number of hydrogen-bond donors (Lipinski definition) is 3. The van der Waals surface area contributed by atoms with Crippen LogP contribution in [0, 0.1) is 11.8 Å². The Morgan fingerprint density at radius 2 is 1.77 bits per heavy atom. The summed E-state index contributed by atoms with van der Waals surface area (Å²) in [5.41, 5.74) is 2.13. The second kappa shape index (κ2) is 13.4. The number of aliphatic hydroxyl groups is 1. The van der Waals surface area contributed by atoms with Crippen LogP contribution < -0.4 is 30.2 Å². The second-order valence-electron chi connectivity index (χ2n) is 13.7. The Kier molecular flexibility index (Phi) is 9.49. The van der Waals surface area contributed by atoms with Gasteiger partial charge in [-0.05, 0) is 79.4 Å². The number of carbonyl (C=O) groups is 2. The highest BCUT2D eigenvalue weighted by atomic mass is 28.3. The van der Waals surface area contributed by atoms with E-state index in [1.165, 1.54) is 5.19 Å². The summed E-state index contributed by atoms with van der Waals surface area (Å²) in [5.74, 6) is 1.20. The Hall–Kier alpha value is -3.70. The van der Waals surface area contributed by atoms with Crippen LogP contribution in [-0.4, -0.2) is 65.0 Å². The molecule has 47 heavy (non-hydrogen) atoms. The van der Waals surface area contributed by atoms with Crippen molar-refractivity contribution in [1.82, 2.24) is 5.32 Å². The number of nitrogens with zero attached hydrogens (tertiary/aromatic N) is 1. The molecule has 0 aromatic heterocycles. The molecule has 0 radical (unpaired) electrons. The number of fused-ring (bicyclic) bond motifs is 2. The Bertz CT molecular complexity index is 1590. The summed E-state index contributed by atoms with van der Waals surface area (Å²) in [6.07, 6.45) is 2.03. The summed E-state index contributed by atoms with van der Waals surface area (Å²) in [4.78, 5) is 29.5. The Balaban J connectivity index is 1.31. The van der Waals surface area contributed by atoms with Gasteiger partial charge >= 0.3 is 0 Å². The predicted molar refractivity (Wildman–Crippen MR) is 186 cm³/mol. The number of piperidine rings is 1. The third-order valence-electron chi connectivity index (χ3n) is 10.7. The highest BCUT2D eigenvalue weighted by Crippen LogP contribution is 2.60. The smallest absolute Gasteiger partial charge is 0.264 e. The van der Waals surface area contributed by atoms with Crippen LogP contribution in [0.25, 0.3) is 0 Å². The average molecular weight is 658 g/mol. The van der Waals surface area contributed by atoms with E-state index in [1.54, 1.807) is 14.2 Å². The molecule has 2 fully saturated rings. The summed E-state index contributed by atoms with van der Waals surface area (Å²) in [6.45, 7) is 8.79. The number of anilines is 2. The van der Waals surface area contributed by atoms with Crippen LogP contribution in [-0.2, 0) is 26.5 Å². The SMILES string of the molecule is COc1ccc([Si](C)(C)[C@H]2[C@H](CCO)O[C@@]3(C(=O)N(Cc4ccc(NC(=O)C5CCCNC5)cc4)c4ccc(OC)cc43)[C@@H]2C)cc1.